The minimum atomic E-state index is -1.33. The Morgan fingerprint density at radius 2 is 2.08 bits per heavy atom. The van der Waals surface area contributed by atoms with Crippen molar-refractivity contribution in [3.63, 3.8) is 0 Å². The first-order valence-corrected chi connectivity index (χ1v) is 9.44. The Morgan fingerprint density at radius 1 is 1.40 bits per heavy atom. The Morgan fingerprint density at radius 3 is 2.60 bits per heavy atom. The molecule has 3 saturated carbocycles. The maximum absolute atomic E-state index is 12.8. The molecule has 25 heavy (non-hydrogen) atoms. The van der Waals surface area contributed by atoms with Gasteiger partial charge in [0.2, 0.25) is 0 Å². The van der Waals surface area contributed by atoms with Crippen molar-refractivity contribution >= 4 is 12.3 Å². The van der Waals surface area contributed by atoms with E-state index in [-0.39, 0.29) is 36.2 Å². The van der Waals surface area contributed by atoms with Crippen molar-refractivity contribution in [1.29, 1.82) is 0 Å². The van der Waals surface area contributed by atoms with Crippen LogP contribution < -0.4 is 0 Å². The predicted molar refractivity (Wildman–Crippen MR) is 90.5 cm³/mol. The Hall–Kier alpha value is -1.20. The number of carboxylic acid groups (broad SMARTS) is 1. The highest BCUT2D eigenvalue weighted by Gasteiger charge is 2.84. The number of carboxylic acids is 1. The molecule has 5 heteroatoms. The SMILES string of the molecule is CC(C)C1=C[C@H]2C[C@]3(C=O)[C@@H]4C[C@H](O)[C@@H](C)[C@H]4C[C@@]2(CO)[C@]13C(=O)O. The summed E-state index contributed by atoms with van der Waals surface area (Å²) in [6.07, 6.45) is 3.99. The fourth-order valence-corrected chi connectivity index (χ4v) is 7.63. The summed E-state index contributed by atoms with van der Waals surface area (Å²) < 4.78 is 0. The molecule has 4 rings (SSSR count). The molecule has 0 amide bonds. The fourth-order valence-electron chi connectivity index (χ4n) is 7.63. The summed E-state index contributed by atoms with van der Waals surface area (Å²) in [5, 5.41) is 31.4. The maximum atomic E-state index is 12.8. The van der Waals surface area contributed by atoms with Gasteiger partial charge in [-0.05, 0) is 48.9 Å². The first-order chi connectivity index (χ1) is 11.7. The smallest absolute Gasteiger partial charge is 0.315 e. The normalized spacial score (nSPS) is 53.0. The number of hydrogen-bond acceptors (Lipinski definition) is 4. The highest BCUT2D eigenvalue weighted by atomic mass is 16.4. The maximum Gasteiger partial charge on any atom is 0.315 e. The molecule has 0 aromatic carbocycles. The molecule has 0 aliphatic heterocycles. The summed E-state index contributed by atoms with van der Waals surface area (Å²) in [7, 11) is 0. The van der Waals surface area contributed by atoms with Crippen LogP contribution in [-0.2, 0) is 9.59 Å². The number of carbonyl (C=O) groups excluding carboxylic acids is 1. The molecule has 0 radical (unpaired) electrons. The van der Waals surface area contributed by atoms with Gasteiger partial charge in [-0.25, -0.2) is 0 Å². The quantitative estimate of drug-likeness (QED) is 0.533. The molecule has 0 saturated heterocycles. The van der Waals surface area contributed by atoms with Gasteiger partial charge in [0.05, 0.1) is 18.1 Å². The molecule has 0 spiro atoms. The van der Waals surface area contributed by atoms with E-state index in [1.54, 1.807) is 0 Å². The van der Waals surface area contributed by atoms with Crippen LogP contribution >= 0.6 is 0 Å². The number of rotatable bonds is 4. The van der Waals surface area contributed by atoms with Crippen molar-refractivity contribution in [2.24, 2.45) is 45.8 Å². The topological polar surface area (TPSA) is 94.8 Å². The molecule has 4 aliphatic rings. The lowest BCUT2D eigenvalue weighted by atomic mass is 9.43. The van der Waals surface area contributed by atoms with E-state index in [9.17, 15) is 24.9 Å². The second-order valence-electron chi connectivity index (χ2n) is 9.25. The van der Waals surface area contributed by atoms with Crippen LogP contribution in [0, 0.1) is 45.8 Å². The Labute approximate surface area is 148 Å². The molecule has 0 aromatic heterocycles. The number of aliphatic carboxylic acids is 1. The van der Waals surface area contributed by atoms with E-state index in [1.807, 2.05) is 20.8 Å². The van der Waals surface area contributed by atoms with Crippen molar-refractivity contribution in [1.82, 2.24) is 0 Å². The Kier molecular flexibility index (Phi) is 3.41. The zero-order valence-corrected chi connectivity index (χ0v) is 15.1. The molecule has 0 unspecified atom stereocenters. The van der Waals surface area contributed by atoms with Crippen molar-refractivity contribution in [3.05, 3.63) is 11.6 Å². The molecule has 8 atom stereocenters. The summed E-state index contributed by atoms with van der Waals surface area (Å²) in [5.74, 6) is -1.05. The summed E-state index contributed by atoms with van der Waals surface area (Å²) in [5.41, 5.74) is -2.36. The van der Waals surface area contributed by atoms with Gasteiger partial charge in [-0.2, -0.15) is 0 Å². The highest BCUT2D eigenvalue weighted by Crippen LogP contribution is 2.82. The minimum Gasteiger partial charge on any atom is -0.481 e. The molecule has 3 N–H and O–H groups in total. The number of aliphatic hydroxyl groups is 2. The molecule has 3 fully saturated rings. The van der Waals surface area contributed by atoms with Crippen LogP contribution in [0.1, 0.15) is 40.0 Å². The largest absolute Gasteiger partial charge is 0.481 e. The third kappa shape index (κ3) is 1.51. The summed E-state index contributed by atoms with van der Waals surface area (Å²) in [6.45, 7) is 5.72. The van der Waals surface area contributed by atoms with Gasteiger partial charge in [0.1, 0.15) is 11.7 Å². The van der Waals surface area contributed by atoms with E-state index in [0.717, 1.165) is 11.9 Å². The molecular weight excluding hydrogens is 320 g/mol. The van der Waals surface area contributed by atoms with Crippen LogP contribution in [0.3, 0.4) is 0 Å². The van der Waals surface area contributed by atoms with Gasteiger partial charge < -0.3 is 20.1 Å². The lowest BCUT2D eigenvalue weighted by Gasteiger charge is -2.57. The van der Waals surface area contributed by atoms with Gasteiger partial charge in [0.15, 0.2) is 0 Å². The second kappa shape index (κ2) is 4.95. The van der Waals surface area contributed by atoms with Gasteiger partial charge in [0.25, 0.3) is 0 Å². The molecule has 4 bridgehead atoms. The van der Waals surface area contributed by atoms with Gasteiger partial charge >= 0.3 is 5.97 Å². The van der Waals surface area contributed by atoms with E-state index >= 15 is 0 Å². The second-order valence-corrected chi connectivity index (χ2v) is 9.25. The van der Waals surface area contributed by atoms with Crippen LogP contribution in [0.15, 0.2) is 11.6 Å². The van der Waals surface area contributed by atoms with Gasteiger partial charge in [-0.3, -0.25) is 4.79 Å². The van der Waals surface area contributed by atoms with E-state index in [4.69, 9.17) is 0 Å². The van der Waals surface area contributed by atoms with Crippen molar-refractivity contribution in [3.8, 4) is 0 Å². The number of fused-ring (bicyclic) bond motifs is 2. The molecule has 5 nitrogen and oxygen atoms in total. The molecular formula is C20H28O5. The zero-order valence-electron chi connectivity index (χ0n) is 15.1. The Balaban J connectivity index is 2.02. The molecule has 0 aromatic rings. The first kappa shape index (κ1) is 17.2. The number of allylic oxidation sites excluding steroid dienone is 1. The average Bonchev–Trinajstić information content (AvgIpc) is 3.09. The average molecular weight is 348 g/mol. The number of aldehydes is 1. The molecule has 138 valence electrons. The van der Waals surface area contributed by atoms with Crippen LogP contribution in [0.25, 0.3) is 0 Å². The third-order valence-corrected chi connectivity index (χ3v) is 8.52. The van der Waals surface area contributed by atoms with Crippen molar-refractivity contribution in [2.75, 3.05) is 6.61 Å². The molecule has 0 heterocycles. The first-order valence-electron chi connectivity index (χ1n) is 9.44. The summed E-state index contributed by atoms with van der Waals surface area (Å²) in [6, 6.07) is 0. The van der Waals surface area contributed by atoms with Gasteiger partial charge in [-0.1, -0.05) is 32.4 Å². The van der Waals surface area contributed by atoms with E-state index in [0.29, 0.717) is 19.3 Å². The van der Waals surface area contributed by atoms with Crippen molar-refractivity contribution < 1.29 is 24.9 Å². The Bertz CT molecular complexity index is 669. The monoisotopic (exact) mass is 348 g/mol. The summed E-state index contributed by atoms with van der Waals surface area (Å²) >= 11 is 0. The zero-order chi connectivity index (χ0) is 18.4. The minimum absolute atomic E-state index is 0.00644. The van der Waals surface area contributed by atoms with Gasteiger partial charge in [-0.15, -0.1) is 0 Å². The lowest BCUT2D eigenvalue weighted by molar-refractivity contribution is -0.184. The van der Waals surface area contributed by atoms with E-state index in [2.05, 4.69) is 6.08 Å². The molecule has 4 aliphatic carbocycles. The number of aliphatic hydroxyl groups excluding tert-OH is 2. The third-order valence-electron chi connectivity index (χ3n) is 8.52. The number of hydrogen-bond donors (Lipinski definition) is 3. The van der Waals surface area contributed by atoms with Crippen LogP contribution in [0.4, 0.5) is 0 Å². The van der Waals surface area contributed by atoms with Crippen LogP contribution in [0.2, 0.25) is 0 Å². The van der Waals surface area contributed by atoms with Crippen LogP contribution in [-0.4, -0.2) is 40.3 Å². The fraction of sp³-hybridized carbons (Fsp3) is 0.800. The summed E-state index contributed by atoms with van der Waals surface area (Å²) in [4.78, 5) is 25.4. The lowest BCUT2D eigenvalue weighted by Crippen LogP contribution is -2.63. The van der Waals surface area contributed by atoms with E-state index < -0.39 is 28.3 Å². The predicted octanol–water partition coefficient (Wildman–Crippen LogP) is 1.87. The van der Waals surface area contributed by atoms with E-state index in [1.165, 1.54) is 0 Å². The number of carbonyl (C=O) groups is 2. The van der Waals surface area contributed by atoms with Crippen LogP contribution in [0.5, 0.6) is 0 Å². The highest BCUT2D eigenvalue weighted by molar-refractivity contribution is 5.90. The van der Waals surface area contributed by atoms with Gasteiger partial charge in [0, 0.05) is 5.41 Å². The van der Waals surface area contributed by atoms with Crippen molar-refractivity contribution in [2.45, 2.75) is 46.1 Å². The standard InChI is InChI=1S/C20H28O5/c1-10(2)14-4-12-6-19(9-22)15-5-16(23)11(3)13(15)7-18(12,8-21)20(14,19)17(24)25/h4,9-13,15-16,21,23H,5-8H2,1-3H3,(H,24,25)/t11-,12-,13+,15+,16-,18-,19-,20+/m0/s1.